The second kappa shape index (κ2) is 6.73. The minimum Gasteiger partial charge on any atom is -0.347 e. The summed E-state index contributed by atoms with van der Waals surface area (Å²) in [6.45, 7) is 5.52. The van der Waals surface area contributed by atoms with Crippen molar-refractivity contribution in [2.24, 2.45) is 5.92 Å². The molecule has 1 aromatic heterocycles. The van der Waals surface area contributed by atoms with Gasteiger partial charge in [-0.3, -0.25) is 4.79 Å². The molecule has 4 heteroatoms. The van der Waals surface area contributed by atoms with Crippen LogP contribution < -0.4 is 0 Å². The SMILES string of the molecule is O=C(c1ccc2c(ccn2CC2CC2)c1)N1CCC[C@H]1CN1CCCC1. The molecule has 1 aromatic carbocycles. The van der Waals surface area contributed by atoms with Crippen molar-refractivity contribution in [3.8, 4) is 0 Å². The normalized spacial score (nSPS) is 24.0. The number of rotatable bonds is 5. The molecule has 5 rings (SSSR count). The Bertz CT molecular complexity index is 801. The fourth-order valence-electron chi connectivity index (χ4n) is 4.79. The van der Waals surface area contributed by atoms with Crippen LogP contribution in [-0.2, 0) is 6.54 Å². The maximum atomic E-state index is 13.2. The Hall–Kier alpha value is -1.81. The van der Waals surface area contributed by atoms with Crippen molar-refractivity contribution in [1.82, 2.24) is 14.4 Å². The van der Waals surface area contributed by atoms with Crippen LogP contribution >= 0.6 is 0 Å². The molecule has 26 heavy (non-hydrogen) atoms. The van der Waals surface area contributed by atoms with E-state index in [4.69, 9.17) is 0 Å². The van der Waals surface area contributed by atoms with Gasteiger partial charge < -0.3 is 14.4 Å². The molecule has 0 radical (unpaired) electrons. The van der Waals surface area contributed by atoms with Gasteiger partial charge in [-0.25, -0.2) is 0 Å². The first kappa shape index (κ1) is 16.4. The van der Waals surface area contributed by atoms with Crippen LogP contribution in [-0.4, -0.2) is 52.5 Å². The third-order valence-corrected chi connectivity index (χ3v) is 6.48. The molecule has 138 valence electrons. The summed E-state index contributed by atoms with van der Waals surface area (Å²) in [6.07, 6.45) is 9.84. The Morgan fingerprint density at radius 2 is 1.81 bits per heavy atom. The number of carbonyl (C=O) groups excluding carboxylic acids is 1. The molecule has 1 aliphatic carbocycles. The Morgan fingerprint density at radius 1 is 0.962 bits per heavy atom. The highest BCUT2D eigenvalue weighted by Crippen LogP contribution is 2.32. The topological polar surface area (TPSA) is 28.5 Å². The quantitative estimate of drug-likeness (QED) is 0.821. The molecule has 3 heterocycles. The average Bonchev–Trinajstić information content (AvgIpc) is 3.05. The molecule has 2 saturated heterocycles. The first-order valence-corrected chi connectivity index (χ1v) is 10.4. The third kappa shape index (κ3) is 3.16. The summed E-state index contributed by atoms with van der Waals surface area (Å²) in [4.78, 5) is 17.8. The summed E-state index contributed by atoms with van der Waals surface area (Å²) in [6, 6.07) is 8.86. The molecule has 1 saturated carbocycles. The zero-order valence-corrected chi connectivity index (χ0v) is 15.6. The lowest BCUT2D eigenvalue weighted by molar-refractivity contribution is 0.0709. The van der Waals surface area contributed by atoms with Gasteiger partial charge in [0.25, 0.3) is 5.91 Å². The largest absolute Gasteiger partial charge is 0.347 e. The van der Waals surface area contributed by atoms with Crippen LogP contribution in [0.15, 0.2) is 30.5 Å². The van der Waals surface area contributed by atoms with E-state index in [0.717, 1.165) is 44.0 Å². The van der Waals surface area contributed by atoms with Gasteiger partial charge in [-0.2, -0.15) is 0 Å². The zero-order valence-electron chi connectivity index (χ0n) is 15.6. The van der Waals surface area contributed by atoms with Gasteiger partial charge in [-0.05, 0) is 81.8 Å². The van der Waals surface area contributed by atoms with Gasteiger partial charge in [0.05, 0.1) is 0 Å². The minimum atomic E-state index is 0.225. The molecule has 0 spiro atoms. The number of hydrogen-bond donors (Lipinski definition) is 0. The predicted octanol–water partition coefficient (Wildman–Crippen LogP) is 3.75. The predicted molar refractivity (Wildman–Crippen MR) is 104 cm³/mol. The zero-order chi connectivity index (χ0) is 17.5. The monoisotopic (exact) mass is 351 g/mol. The van der Waals surface area contributed by atoms with Gasteiger partial charge in [-0.15, -0.1) is 0 Å². The number of hydrogen-bond acceptors (Lipinski definition) is 2. The molecule has 0 N–H and O–H groups in total. The summed E-state index contributed by atoms with van der Waals surface area (Å²) < 4.78 is 2.35. The highest BCUT2D eigenvalue weighted by Gasteiger charge is 2.31. The molecule has 4 nitrogen and oxygen atoms in total. The first-order chi connectivity index (χ1) is 12.8. The van der Waals surface area contributed by atoms with Crippen molar-refractivity contribution in [3.05, 3.63) is 36.0 Å². The van der Waals surface area contributed by atoms with E-state index in [-0.39, 0.29) is 5.91 Å². The lowest BCUT2D eigenvalue weighted by Crippen LogP contribution is -2.42. The average molecular weight is 351 g/mol. The van der Waals surface area contributed by atoms with E-state index in [1.54, 1.807) is 0 Å². The second-order valence-corrected chi connectivity index (χ2v) is 8.49. The summed E-state index contributed by atoms with van der Waals surface area (Å²) in [5.74, 6) is 1.09. The molecule has 0 unspecified atom stereocenters. The van der Waals surface area contributed by atoms with E-state index < -0.39 is 0 Å². The van der Waals surface area contributed by atoms with Crippen LogP contribution in [0.2, 0.25) is 0 Å². The summed E-state index contributed by atoms with van der Waals surface area (Å²) in [7, 11) is 0. The van der Waals surface area contributed by atoms with Gasteiger partial charge in [0.2, 0.25) is 0 Å². The summed E-state index contributed by atoms with van der Waals surface area (Å²) in [5, 5.41) is 1.20. The Labute approximate surface area is 155 Å². The molecular formula is C22H29N3O. The molecule has 1 atom stereocenters. The third-order valence-electron chi connectivity index (χ3n) is 6.48. The van der Waals surface area contributed by atoms with E-state index in [1.165, 1.54) is 49.7 Å². The standard InChI is InChI=1S/C22H29N3O/c26-22(25-12-3-4-20(25)16-23-10-1-2-11-23)19-7-8-21-18(14-19)9-13-24(21)15-17-5-6-17/h7-9,13-14,17,20H,1-6,10-12,15-16H2/t20-/m0/s1. The molecule has 3 aliphatic rings. The first-order valence-electron chi connectivity index (χ1n) is 10.4. The molecular weight excluding hydrogens is 322 g/mol. The van der Waals surface area contributed by atoms with E-state index in [0.29, 0.717) is 6.04 Å². The van der Waals surface area contributed by atoms with Gasteiger partial charge in [0, 0.05) is 48.3 Å². The number of likely N-dealkylation sites (tertiary alicyclic amines) is 2. The number of fused-ring (bicyclic) bond motifs is 1. The van der Waals surface area contributed by atoms with Gasteiger partial charge in [-0.1, -0.05) is 0 Å². The lowest BCUT2D eigenvalue weighted by atomic mass is 10.1. The number of amides is 1. The number of benzene rings is 1. The van der Waals surface area contributed by atoms with Gasteiger partial charge in [0.15, 0.2) is 0 Å². The van der Waals surface area contributed by atoms with E-state index in [2.05, 4.69) is 38.8 Å². The Balaban J connectivity index is 1.33. The van der Waals surface area contributed by atoms with Crippen LogP contribution in [0.4, 0.5) is 0 Å². The van der Waals surface area contributed by atoms with Crippen molar-refractivity contribution in [1.29, 1.82) is 0 Å². The lowest BCUT2D eigenvalue weighted by Gasteiger charge is -2.28. The van der Waals surface area contributed by atoms with Crippen molar-refractivity contribution in [3.63, 3.8) is 0 Å². The summed E-state index contributed by atoms with van der Waals surface area (Å²) >= 11 is 0. The van der Waals surface area contributed by atoms with Gasteiger partial charge in [0.1, 0.15) is 0 Å². The molecule has 2 aliphatic heterocycles. The van der Waals surface area contributed by atoms with Crippen molar-refractivity contribution >= 4 is 16.8 Å². The Morgan fingerprint density at radius 3 is 2.62 bits per heavy atom. The second-order valence-electron chi connectivity index (χ2n) is 8.49. The fraction of sp³-hybridized carbons (Fsp3) is 0.591. The van der Waals surface area contributed by atoms with Crippen LogP contribution in [0.5, 0.6) is 0 Å². The highest BCUT2D eigenvalue weighted by atomic mass is 16.2. The van der Waals surface area contributed by atoms with Gasteiger partial charge >= 0.3 is 0 Å². The van der Waals surface area contributed by atoms with E-state index in [1.807, 2.05) is 6.07 Å². The van der Waals surface area contributed by atoms with Crippen LogP contribution in [0.3, 0.4) is 0 Å². The molecule has 0 bridgehead atoms. The fourth-order valence-corrected chi connectivity index (χ4v) is 4.79. The summed E-state index contributed by atoms with van der Waals surface area (Å²) in [5.41, 5.74) is 2.12. The number of aromatic nitrogens is 1. The van der Waals surface area contributed by atoms with Crippen LogP contribution in [0.25, 0.3) is 10.9 Å². The highest BCUT2D eigenvalue weighted by molar-refractivity contribution is 5.98. The molecule has 1 amide bonds. The molecule has 3 fully saturated rings. The number of nitrogens with zero attached hydrogens (tertiary/aromatic N) is 3. The van der Waals surface area contributed by atoms with Crippen molar-refractivity contribution < 1.29 is 4.79 Å². The molecule has 2 aromatic rings. The van der Waals surface area contributed by atoms with Crippen LogP contribution in [0, 0.1) is 5.92 Å². The maximum Gasteiger partial charge on any atom is 0.254 e. The van der Waals surface area contributed by atoms with E-state index in [9.17, 15) is 4.79 Å². The smallest absolute Gasteiger partial charge is 0.254 e. The van der Waals surface area contributed by atoms with Crippen molar-refractivity contribution in [2.75, 3.05) is 26.2 Å². The number of carbonyl (C=O) groups is 1. The Kier molecular flexibility index (Phi) is 4.24. The van der Waals surface area contributed by atoms with Crippen molar-refractivity contribution in [2.45, 2.75) is 51.1 Å². The maximum absolute atomic E-state index is 13.2. The minimum absolute atomic E-state index is 0.225. The van der Waals surface area contributed by atoms with E-state index >= 15 is 0 Å². The van der Waals surface area contributed by atoms with Crippen LogP contribution in [0.1, 0.15) is 48.9 Å².